The molecule has 2 heterocycles. The van der Waals surface area contributed by atoms with Crippen LogP contribution in [0.15, 0.2) is 59.6 Å². The Labute approximate surface area is 238 Å². The molecule has 1 aliphatic heterocycles. The molecule has 1 unspecified atom stereocenters. The summed E-state index contributed by atoms with van der Waals surface area (Å²) in [6.07, 6.45) is 8.43. The number of halogens is 5. The third-order valence-electron chi connectivity index (χ3n) is 6.23. The van der Waals surface area contributed by atoms with Gasteiger partial charge in [0.15, 0.2) is 0 Å². The second kappa shape index (κ2) is 15.7. The lowest BCUT2D eigenvalue weighted by Crippen LogP contribution is -2.20. The quantitative estimate of drug-likeness (QED) is 0.202. The normalized spacial score (nSPS) is 14.9. The summed E-state index contributed by atoms with van der Waals surface area (Å²) in [7, 11) is -4.84. The molecule has 1 aliphatic rings. The third kappa shape index (κ3) is 10.6. The molecule has 1 atom stereocenters. The molecule has 0 bridgehead atoms. The van der Waals surface area contributed by atoms with Crippen molar-refractivity contribution < 1.29 is 30.4 Å². The second-order valence-corrected chi connectivity index (χ2v) is 11.7. The number of alkyl halides is 3. The van der Waals surface area contributed by atoms with Crippen LogP contribution in [0.4, 0.5) is 22.0 Å². The number of benzene rings is 2. The van der Waals surface area contributed by atoms with E-state index in [0.29, 0.717) is 12.1 Å². The van der Waals surface area contributed by atoms with E-state index in [-0.39, 0.29) is 17.9 Å². The first-order chi connectivity index (χ1) is 19.3. The molecule has 0 amide bonds. The summed E-state index contributed by atoms with van der Waals surface area (Å²) in [6, 6.07) is 15.6. The molecule has 0 saturated carbocycles. The Hall–Kier alpha value is -3.21. The Balaban J connectivity index is 0.000000325. The summed E-state index contributed by atoms with van der Waals surface area (Å²) in [5.74, 6) is -1.12. The Morgan fingerprint density at radius 2 is 1.41 bits per heavy atom. The van der Waals surface area contributed by atoms with Gasteiger partial charge in [0.2, 0.25) is 9.84 Å². The molecule has 2 aromatic carbocycles. The molecule has 0 saturated heterocycles. The van der Waals surface area contributed by atoms with Crippen LogP contribution in [0.1, 0.15) is 81.7 Å². The van der Waals surface area contributed by atoms with Crippen LogP contribution >= 0.6 is 0 Å². The highest BCUT2D eigenvalue weighted by Crippen LogP contribution is 2.33. The first kappa shape index (κ1) is 34.0. The van der Waals surface area contributed by atoms with Crippen molar-refractivity contribution in [3.63, 3.8) is 0 Å². The fourth-order valence-corrected chi connectivity index (χ4v) is 3.90. The van der Waals surface area contributed by atoms with Crippen LogP contribution in [0.2, 0.25) is 0 Å². The van der Waals surface area contributed by atoms with Gasteiger partial charge in [-0.2, -0.15) is 23.4 Å². The van der Waals surface area contributed by atoms with E-state index in [1.165, 1.54) is 50.3 Å². The van der Waals surface area contributed by atoms with Gasteiger partial charge in [-0.15, -0.1) is 0 Å². The number of aliphatic imine (C=N–C) groups is 1. The number of sulfone groups is 1. The summed E-state index contributed by atoms with van der Waals surface area (Å²) in [5.41, 5.74) is -0.901. The van der Waals surface area contributed by atoms with Crippen LogP contribution in [0.5, 0.6) is 0 Å². The van der Waals surface area contributed by atoms with Crippen LogP contribution in [0.3, 0.4) is 0 Å². The molecule has 4 rings (SSSR count). The van der Waals surface area contributed by atoms with E-state index < -0.39 is 27.0 Å². The van der Waals surface area contributed by atoms with Gasteiger partial charge in [0.1, 0.15) is 11.6 Å². The lowest BCUT2D eigenvalue weighted by molar-refractivity contribution is -0.0429. The van der Waals surface area contributed by atoms with Gasteiger partial charge in [-0.3, -0.25) is 4.99 Å². The number of hydrogen-bond donors (Lipinski definition) is 0. The zero-order valence-electron chi connectivity index (χ0n) is 23.7. The SMILES string of the molecule is CCCCCCC.CS(=O)(=O)C(F)(F)F.Cc1ccc(-c2ccc(C3CCC(c4c(F)cccc4F)=N3)cc2)nn1. The lowest BCUT2D eigenvalue weighted by Gasteiger charge is -2.08. The average molecular weight is 598 g/mol. The minimum Gasteiger partial charge on any atom is -0.281 e. The van der Waals surface area contributed by atoms with Crippen molar-refractivity contribution in [2.45, 2.75) is 77.3 Å². The minimum absolute atomic E-state index is 0.00144. The Morgan fingerprint density at radius 3 is 1.88 bits per heavy atom. The van der Waals surface area contributed by atoms with Gasteiger partial charge >= 0.3 is 5.51 Å². The Kier molecular flexibility index (Phi) is 13.0. The highest BCUT2D eigenvalue weighted by Gasteiger charge is 2.41. The predicted octanol–water partition coefficient (Wildman–Crippen LogP) is 8.58. The summed E-state index contributed by atoms with van der Waals surface area (Å²) in [6.45, 7) is 6.39. The van der Waals surface area contributed by atoms with Gasteiger partial charge in [-0.1, -0.05) is 76.3 Å². The monoisotopic (exact) mass is 597 g/mol. The van der Waals surface area contributed by atoms with Crippen molar-refractivity contribution in [2.24, 2.45) is 4.99 Å². The highest BCUT2D eigenvalue weighted by atomic mass is 32.2. The predicted molar refractivity (Wildman–Crippen MR) is 152 cm³/mol. The average Bonchev–Trinajstić information content (AvgIpc) is 3.39. The molecule has 0 spiro atoms. The van der Waals surface area contributed by atoms with E-state index in [1.54, 1.807) is 0 Å². The smallest absolute Gasteiger partial charge is 0.281 e. The van der Waals surface area contributed by atoms with Gasteiger partial charge in [-0.05, 0) is 49.6 Å². The Morgan fingerprint density at radius 1 is 0.854 bits per heavy atom. The van der Waals surface area contributed by atoms with Crippen molar-refractivity contribution in [3.05, 3.63) is 83.1 Å². The molecule has 0 radical (unpaired) electrons. The van der Waals surface area contributed by atoms with Crippen molar-refractivity contribution in [1.82, 2.24) is 10.2 Å². The van der Waals surface area contributed by atoms with Crippen LogP contribution in [0, 0.1) is 18.6 Å². The van der Waals surface area contributed by atoms with Crippen molar-refractivity contribution >= 4 is 15.5 Å². The van der Waals surface area contributed by atoms with Gasteiger partial charge in [0.25, 0.3) is 0 Å². The molecular formula is C30H36F5N3O2S. The molecule has 3 aromatic rings. The molecule has 0 N–H and O–H groups in total. The van der Waals surface area contributed by atoms with Crippen LogP contribution < -0.4 is 0 Å². The van der Waals surface area contributed by atoms with Gasteiger partial charge in [-0.25, -0.2) is 17.2 Å². The van der Waals surface area contributed by atoms with Crippen LogP contribution in [0.25, 0.3) is 11.3 Å². The van der Waals surface area contributed by atoms with E-state index in [1.807, 2.05) is 43.3 Å². The third-order valence-corrected chi connectivity index (χ3v) is 7.08. The molecule has 11 heteroatoms. The highest BCUT2D eigenvalue weighted by molar-refractivity contribution is 7.91. The maximum absolute atomic E-state index is 14.0. The molecule has 224 valence electrons. The van der Waals surface area contributed by atoms with Crippen molar-refractivity contribution in [3.8, 4) is 11.3 Å². The molecule has 0 fully saturated rings. The number of rotatable bonds is 7. The first-order valence-electron chi connectivity index (χ1n) is 13.5. The zero-order chi connectivity index (χ0) is 30.6. The molecule has 5 nitrogen and oxygen atoms in total. The van der Waals surface area contributed by atoms with Crippen molar-refractivity contribution in [2.75, 3.05) is 6.26 Å². The minimum atomic E-state index is -5.09. The molecule has 1 aromatic heterocycles. The number of hydrogen-bond acceptors (Lipinski definition) is 5. The topological polar surface area (TPSA) is 72.3 Å². The second-order valence-electron chi connectivity index (χ2n) is 9.69. The number of unbranched alkanes of at least 4 members (excludes halogenated alkanes) is 4. The van der Waals surface area contributed by atoms with E-state index in [2.05, 4.69) is 29.0 Å². The van der Waals surface area contributed by atoms with E-state index in [4.69, 9.17) is 0 Å². The first-order valence-corrected chi connectivity index (χ1v) is 15.4. The summed E-state index contributed by atoms with van der Waals surface area (Å²) >= 11 is 0. The Bertz CT molecular complexity index is 1350. The standard InChI is InChI=1S/C21H17F2N3.C7H16.C2H3F3O2S/c1-13-5-10-19(26-25-13)15-8-6-14(7-9-15)18-11-12-20(24-18)21-16(22)3-2-4-17(21)23;1-3-5-7-6-4-2;1-8(6,7)2(3,4)5/h2-10,18H,11-12H2,1H3;3-7H2,1-2H3;1H3. The summed E-state index contributed by atoms with van der Waals surface area (Å²) in [4.78, 5) is 4.57. The van der Waals surface area contributed by atoms with E-state index >= 15 is 0 Å². The zero-order valence-corrected chi connectivity index (χ0v) is 24.5. The van der Waals surface area contributed by atoms with Crippen LogP contribution in [-0.4, -0.2) is 36.1 Å². The van der Waals surface area contributed by atoms with Gasteiger partial charge in [0.05, 0.1) is 23.0 Å². The number of aryl methyl sites for hydroxylation is 1. The fourth-order valence-electron chi connectivity index (χ4n) is 3.90. The fraction of sp³-hybridized carbons (Fsp3) is 0.433. The largest absolute Gasteiger partial charge is 0.497 e. The maximum atomic E-state index is 14.0. The maximum Gasteiger partial charge on any atom is 0.497 e. The lowest BCUT2D eigenvalue weighted by atomic mass is 10.0. The number of aromatic nitrogens is 2. The van der Waals surface area contributed by atoms with Gasteiger partial charge < -0.3 is 0 Å². The van der Waals surface area contributed by atoms with Crippen LogP contribution in [-0.2, 0) is 9.84 Å². The van der Waals surface area contributed by atoms with Crippen molar-refractivity contribution in [1.29, 1.82) is 0 Å². The summed E-state index contributed by atoms with van der Waals surface area (Å²) < 4.78 is 79.9. The summed E-state index contributed by atoms with van der Waals surface area (Å²) in [5, 5.41) is 8.26. The molecule has 41 heavy (non-hydrogen) atoms. The molecular weight excluding hydrogens is 561 g/mol. The molecule has 0 aliphatic carbocycles. The van der Waals surface area contributed by atoms with E-state index in [9.17, 15) is 30.4 Å². The van der Waals surface area contributed by atoms with E-state index in [0.717, 1.165) is 28.9 Å². The van der Waals surface area contributed by atoms with Gasteiger partial charge in [0, 0.05) is 17.5 Å². The number of nitrogens with zero attached hydrogens (tertiary/aromatic N) is 3.